The van der Waals surface area contributed by atoms with Gasteiger partial charge in [0.15, 0.2) is 5.89 Å². The van der Waals surface area contributed by atoms with E-state index in [1.807, 2.05) is 30.0 Å². The van der Waals surface area contributed by atoms with Crippen LogP contribution in [0.4, 0.5) is 10.6 Å². The first kappa shape index (κ1) is 31.6. The molecule has 0 aliphatic heterocycles. The van der Waals surface area contributed by atoms with Crippen molar-refractivity contribution in [1.82, 2.24) is 20.3 Å². The SMILES string of the molecule is COc1ccc(C2CCC(CN(C(=O)C3CCC(COC(=O)NC4CC4)CC3)c3cc(-c4coc(C5CC5)n4)ccn3)CC2)nc1C. The summed E-state index contributed by atoms with van der Waals surface area (Å²) in [7, 11) is 1.68. The van der Waals surface area contributed by atoms with E-state index in [1.165, 1.54) is 0 Å². The molecule has 47 heavy (non-hydrogen) atoms. The molecule has 0 saturated heterocycles. The molecule has 0 atom stereocenters. The van der Waals surface area contributed by atoms with Gasteiger partial charge >= 0.3 is 6.09 Å². The molecule has 7 rings (SSSR count). The van der Waals surface area contributed by atoms with E-state index in [0.29, 0.717) is 36.7 Å². The predicted molar refractivity (Wildman–Crippen MR) is 177 cm³/mol. The maximum atomic E-state index is 14.3. The summed E-state index contributed by atoms with van der Waals surface area (Å²) >= 11 is 0. The van der Waals surface area contributed by atoms with Gasteiger partial charge < -0.3 is 19.2 Å². The van der Waals surface area contributed by atoms with Crippen molar-refractivity contribution in [2.45, 2.75) is 102 Å². The zero-order valence-corrected chi connectivity index (χ0v) is 27.7. The number of oxazole rings is 1. The first-order valence-corrected chi connectivity index (χ1v) is 17.6. The van der Waals surface area contributed by atoms with Crippen molar-refractivity contribution in [2.24, 2.45) is 17.8 Å². The lowest BCUT2D eigenvalue weighted by Gasteiger charge is -2.35. The standard InChI is InChI=1S/C37H47N5O5/c1-23-33(45-2)16-15-31(39-23)26-7-3-24(4-8-26)20-42(34-19-29(17-18-38-34)32-22-46-35(41-32)27-11-12-27)36(43)28-9-5-25(6-10-28)21-47-37(44)40-30-13-14-30/h15-19,22,24-28,30H,3-14,20-21H2,1-2H3,(H,40,44). The molecule has 4 fully saturated rings. The minimum atomic E-state index is -0.313. The maximum absolute atomic E-state index is 14.3. The lowest BCUT2D eigenvalue weighted by molar-refractivity contribution is -0.124. The summed E-state index contributed by atoms with van der Waals surface area (Å²) in [4.78, 5) is 42.7. The largest absolute Gasteiger partial charge is 0.495 e. The fraction of sp³-hybridized carbons (Fsp3) is 0.595. The molecule has 2 amide bonds. The monoisotopic (exact) mass is 641 g/mol. The Morgan fingerprint density at radius 1 is 0.915 bits per heavy atom. The van der Waals surface area contributed by atoms with Crippen LogP contribution < -0.4 is 15.0 Å². The third-order valence-electron chi connectivity index (χ3n) is 10.6. The summed E-state index contributed by atoms with van der Waals surface area (Å²) < 4.78 is 16.7. The van der Waals surface area contributed by atoms with Crippen molar-refractivity contribution < 1.29 is 23.5 Å². The number of rotatable bonds is 11. The number of carbonyl (C=O) groups is 2. The second-order valence-corrected chi connectivity index (χ2v) is 14.2. The van der Waals surface area contributed by atoms with E-state index in [-0.39, 0.29) is 29.9 Å². The average molecular weight is 642 g/mol. The van der Waals surface area contributed by atoms with Crippen molar-refractivity contribution in [1.29, 1.82) is 0 Å². The number of ether oxygens (including phenoxy) is 2. The number of amides is 2. The third kappa shape index (κ3) is 7.79. The number of alkyl carbamates (subject to hydrolysis) is 1. The fourth-order valence-corrected chi connectivity index (χ4v) is 7.30. The van der Waals surface area contributed by atoms with Crippen molar-refractivity contribution >= 4 is 17.8 Å². The molecule has 0 bridgehead atoms. The van der Waals surface area contributed by atoms with Gasteiger partial charge in [-0.2, -0.15) is 0 Å². The molecule has 0 aromatic carbocycles. The minimum absolute atomic E-state index is 0.0756. The first-order valence-electron chi connectivity index (χ1n) is 17.6. The van der Waals surface area contributed by atoms with E-state index in [2.05, 4.69) is 11.4 Å². The molecule has 3 heterocycles. The highest BCUT2D eigenvalue weighted by Crippen LogP contribution is 2.41. The van der Waals surface area contributed by atoms with Crippen LogP contribution in [0.3, 0.4) is 0 Å². The number of methoxy groups -OCH3 is 1. The molecule has 0 spiro atoms. The van der Waals surface area contributed by atoms with E-state index in [9.17, 15) is 9.59 Å². The number of hydrogen-bond acceptors (Lipinski definition) is 8. The van der Waals surface area contributed by atoms with E-state index in [1.54, 1.807) is 19.6 Å². The van der Waals surface area contributed by atoms with Gasteiger partial charge in [0, 0.05) is 47.8 Å². The van der Waals surface area contributed by atoms with E-state index < -0.39 is 0 Å². The number of aromatic nitrogens is 3. The molecule has 0 radical (unpaired) electrons. The molecule has 10 nitrogen and oxygen atoms in total. The van der Waals surface area contributed by atoms with Gasteiger partial charge in [-0.1, -0.05) is 0 Å². The summed E-state index contributed by atoms with van der Waals surface area (Å²) in [6.07, 6.45) is 15.0. The van der Waals surface area contributed by atoms with Crippen LogP contribution in [0.1, 0.15) is 106 Å². The molecule has 10 heteroatoms. The van der Waals surface area contributed by atoms with E-state index >= 15 is 0 Å². The van der Waals surface area contributed by atoms with Crippen LogP contribution in [0.25, 0.3) is 11.3 Å². The third-order valence-corrected chi connectivity index (χ3v) is 10.6. The van der Waals surface area contributed by atoms with Gasteiger partial charge in [0.25, 0.3) is 0 Å². The minimum Gasteiger partial charge on any atom is -0.495 e. The van der Waals surface area contributed by atoms with Gasteiger partial charge in [-0.15, -0.1) is 0 Å². The van der Waals surface area contributed by atoms with Crippen LogP contribution in [0.15, 0.2) is 41.1 Å². The Morgan fingerprint density at radius 3 is 2.36 bits per heavy atom. The highest BCUT2D eigenvalue weighted by Gasteiger charge is 2.34. The van der Waals surface area contributed by atoms with Crippen LogP contribution in [-0.4, -0.2) is 53.3 Å². The summed E-state index contributed by atoms with van der Waals surface area (Å²) in [6.45, 7) is 3.06. The number of hydrogen-bond donors (Lipinski definition) is 1. The van der Waals surface area contributed by atoms with Crippen LogP contribution >= 0.6 is 0 Å². The summed E-state index contributed by atoms with van der Waals surface area (Å²) in [5.41, 5.74) is 3.76. The number of nitrogens with zero attached hydrogens (tertiary/aromatic N) is 4. The quantitative estimate of drug-likeness (QED) is 0.231. The van der Waals surface area contributed by atoms with Crippen LogP contribution in [0.2, 0.25) is 0 Å². The first-order chi connectivity index (χ1) is 22.9. The van der Waals surface area contributed by atoms with E-state index in [0.717, 1.165) is 111 Å². The lowest BCUT2D eigenvalue weighted by atomic mass is 9.79. The summed E-state index contributed by atoms with van der Waals surface area (Å²) in [5, 5.41) is 2.89. The second-order valence-electron chi connectivity index (χ2n) is 14.2. The van der Waals surface area contributed by atoms with E-state index in [4.69, 9.17) is 28.8 Å². The fourth-order valence-electron chi connectivity index (χ4n) is 7.30. The Kier molecular flexibility index (Phi) is 9.45. The number of pyridine rings is 2. The molecule has 3 aromatic rings. The Bertz CT molecular complexity index is 1550. The normalized spacial score (nSPS) is 24.4. The molecule has 3 aromatic heterocycles. The maximum Gasteiger partial charge on any atom is 0.407 e. The van der Waals surface area contributed by atoms with Gasteiger partial charge in [-0.3, -0.25) is 14.7 Å². The van der Waals surface area contributed by atoms with Crippen molar-refractivity contribution in [2.75, 3.05) is 25.2 Å². The van der Waals surface area contributed by atoms with Crippen LogP contribution in [-0.2, 0) is 9.53 Å². The van der Waals surface area contributed by atoms with Crippen LogP contribution in [0.5, 0.6) is 5.75 Å². The second kappa shape index (κ2) is 14.0. The highest BCUT2D eigenvalue weighted by molar-refractivity contribution is 5.94. The molecule has 4 aliphatic carbocycles. The molecule has 4 aliphatic rings. The van der Waals surface area contributed by atoms with Gasteiger partial charge in [0.2, 0.25) is 5.91 Å². The van der Waals surface area contributed by atoms with Gasteiger partial charge in [0.1, 0.15) is 23.5 Å². The zero-order chi connectivity index (χ0) is 32.3. The van der Waals surface area contributed by atoms with Gasteiger partial charge in [-0.25, -0.2) is 14.8 Å². The lowest BCUT2D eigenvalue weighted by Crippen LogP contribution is -2.42. The molecule has 4 saturated carbocycles. The molecule has 1 N–H and O–H groups in total. The van der Waals surface area contributed by atoms with Gasteiger partial charge in [-0.05, 0) is 120 Å². The summed E-state index contributed by atoms with van der Waals surface area (Å²) in [5.74, 6) is 3.89. The number of carbonyl (C=O) groups excluding carboxylic acids is 2. The molecule has 250 valence electrons. The smallest absolute Gasteiger partial charge is 0.407 e. The number of nitrogens with one attached hydrogen (secondary N) is 1. The molecular weight excluding hydrogens is 594 g/mol. The zero-order valence-electron chi connectivity index (χ0n) is 27.7. The van der Waals surface area contributed by atoms with Crippen LogP contribution in [0, 0.1) is 24.7 Å². The Labute approximate surface area is 277 Å². The number of anilines is 1. The Balaban J connectivity index is 1.03. The van der Waals surface area contributed by atoms with Gasteiger partial charge in [0.05, 0.1) is 19.4 Å². The van der Waals surface area contributed by atoms with Crippen molar-refractivity contribution in [3.63, 3.8) is 0 Å². The Hall–Kier alpha value is -3.95. The number of aryl methyl sites for hydroxylation is 1. The molecule has 0 unspecified atom stereocenters. The predicted octanol–water partition coefficient (Wildman–Crippen LogP) is 7.33. The average Bonchev–Trinajstić information content (AvgIpc) is 4.06. The summed E-state index contributed by atoms with van der Waals surface area (Å²) in [6, 6.07) is 8.36. The topological polar surface area (TPSA) is 120 Å². The Morgan fingerprint density at radius 2 is 1.66 bits per heavy atom. The molecular formula is C37H47N5O5. The highest BCUT2D eigenvalue weighted by atomic mass is 16.5. The van der Waals surface area contributed by atoms with Crippen molar-refractivity contribution in [3.8, 4) is 17.0 Å². The van der Waals surface area contributed by atoms with Crippen molar-refractivity contribution in [3.05, 3.63) is 54.0 Å².